The average molecular weight is 344 g/mol. The van der Waals surface area contributed by atoms with Crippen molar-refractivity contribution in [3.63, 3.8) is 0 Å². The molecular formula is C19H36O5. The Kier molecular flexibility index (Phi) is 10.0. The van der Waals surface area contributed by atoms with Gasteiger partial charge in [-0.1, -0.05) is 71.1 Å². The number of ketones is 1. The molecule has 5 heteroatoms. The van der Waals surface area contributed by atoms with Crippen LogP contribution in [0.1, 0.15) is 84.0 Å². The fourth-order valence-corrected chi connectivity index (χ4v) is 3.55. The Bertz CT molecular complexity index is 360. The van der Waals surface area contributed by atoms with Crippen molar-refractivity contribution in [2.75, 3.05) is 7.11 Å². The summed E-state index contributed by atoms with van der Waals surface area (Å²) < 4.78 is 5.00. The molecule has 5 nitrogen and oxygen atoms in total. The first-order valence-corrected chi connectivity index (χ1v) is 9.63. The molecule has 0 amide bonds. The Morgan fingerprint density at radius 3 is 2.04 bits per heavy atom. The molecule has 1 aliphatic carbocycles. The van der Waals surface area contributed by atoms with Crippen molar-refractivity contribution in [3.05, 3.63) is 0 Å². The van der Waals surface area contributed by atoms with Crippen molar-refractivity contribution < 1.29 is 24.9 Å². The van der Waals surface area contributed by atoms with Gasteiger partial charge in [-0.25, -0.2) is 0 Å². The summed E-state index contributed by atoms with van der Waals surface area (Å²) in [6.07, 6.45) is 8.78. The Morgan fingerprint density at radius 1 is 1.08 bits per heavy atom. The van der Waals surface area contributed by atoms with Gasteiger partial charge in [0.1, 0.15) is 6.10 Å². The summed E-state index contributed by atoms with van der Waals surface area (Å²) in [5.41, 5.74) is -2.07. The fourth-order valence-electron chi connectivity index (χ4n) is 3.55. The number of unbranched alkanes of at least 4 members (excludes halogenated alkanes) is 9. The number of aliphatic hydroxyl groups is 3. The number of rotatable bonds is 13. The zero-order valence-electron chi connectivity index (χ0n) is 15.4. The van der Waals surface area contributed by atoms with Gasteiger partial charge < -0.3 is 20.1 Å². The van der Waals surface area contributed by atoms with Gasteiger partial charge in [0, 0.05) is 13.5 Å². The molecule has 0 saturated heterocycles. The van der Waals surface area contributed by atoms with Crippen molar-refractivity contribution in [1.29, 1.82) is 0 Å². The third-order valence-electron chi connectivity index (χ3n) is 5.28. The molecule has 1 rings (SSSR count). The van der Waals surface area contributed by atoms with Crippen molar-refractivity contribution in [3.8, 4) is 0 Å². The maximum atomic E-state index is 11.9. The second-order valence-corrected chi connectivity index (χ2v) is 7.16. The third-order valence-corrected chi connectivity index (χ3v) is 5.28. The molecule has 0 radical (unpaired) electrons. The van der Waals surface area contributed by atoms with Gasteiger partial charge in [-0.15, -0.1) is 0 Å². The lowest BCUT2D eigenvalue weighted by Gasteiger charge is -2.31. The van der Waals surface area contributed by atoms with Crippen LogP contribution in [-0.2, 0) is 9.53 Å². The van der Waals surface area contributed by atoms with E-state index in [9.17, 15) is 20.1 Å². The van der Waals surface area contributed by atoms with Crippen LogP contribution in [0.5, 0.6) is 0 Å². The maximum absolute atomic E-state index is 11.9. The molecule has 0 bridgehead atoms. The molecule has 0 aromatic rings. The van der Waals surface area contributed by atoms with Gasteiger partial charge in [-0.3, -0.25) is 4.79 Å². The monoisotopic (exact) mass is 344 g/mol. The average Bonchev–Trinajstić information content (AvgIpc) is 2.81. The third kappa shape index (κ3) is 5.80. The molecule has 0 aliphatic heterocycles. The Morgan fingerprint density at radius 2 is 1.58 bits per heavy atom. The topological polar surface area (TPSA) is 87.0 Å². The van der Waals surface area contributed by atoms with Gasteiger partial charge in [0.2, 0.25) is 0 Å². The minimum atomic E-state index is -2.07. The molecule has 3 N–H and O–H groups in total. The predicted octanol–water partition coefficient (Wildman–Crippen LogP) is 2.74. The van der Waals surface area contributed by atoms with Crippen LogP contribution >= 0.6 is 0 Å². The van der Waals surface area contributed by atoms with Crippen molar-refractivity contribution in [2.45, 2.75) is 108 Å². The van der Waals surface area contributed by atoms with Crippen LogP contribution in [0.2, 0.25) is 0 Å². The molecule has 142 valence electrons. The number of aliphatic hydroxyl groups excluding tert-OH is 2. The highest BCUT2D eigenvalue weighted by atomic mass is 16.5. The zero-order chi connectivity index (χ0) is 18.0. The van der Waals surface area contributed by atoms with E-state index in [0.29, 0.717) is 6.42 Å². The van der Waals surface area contributed by atoms with E-state index >= 15 is 0 Å². The molecule has 24 heavy (non-hydrogen) atoms. The molecular weight excluding hydrogens is 308 g/mol. The number of hydrogen-bond acceptors (Lipinski definition) is 5. The molecule has 1 aliphatic rings. The van der Waals surface area contributed by atoms with Crippen LogP contribution in [0.25, 0.3) is 0 Å². The number of carbonyl (C=O) groups excluding carboxylic acids is 1. The largest absolute Gasteiger partial charge is 0.390 e. The SMILES string of the molecule is CCCCCCCCCCCC[C@@H](O)[C@@]1(O)C(=O)C[C@@H](OC)[C@H]1O. The smallest absolute Gasteiger partial charge is 0.177 e. The second kappa shape index (κ2) is 11.2. The number of Topliss-reactive ketones (excluding diaryl/α,β-unsaturated/α-hetero) is 1. The summed E-state index contributed by atoms with van der Waals surface area (Å²) >= 11 is 0. The van der Waals surface area contributed by atoms with E-state index in [2.05, 4.69) is 6.92 Å². The van der Waals surface area contributed by atoms with Crippen LogP contribution in [0.3, 0.4) is 0 Å². The number of ether oxygens (including phenoxy) is 1. The van der Waals surface area contributed by atoms with Gasteiger partial charge in [-0.05, 0) is 6.42 Å². The number of hydrogen-bond donors (Lipinski definition) is 3. The predicted molar refractivity (Wildman–Crippen MR) is 93.8 cm³/mol. The van der Waals surface area contributed by atoms with E-state index in [4.69, 9.17) is 4.74 Å². The molecule has 0 heterocycles. The lowest BCUT2D eigenvalue weighted by Crippen LogP contribution is -2.55. The number of methoxy groups -OCH3 is 1. The first-order valence-electron chi connectivity index (χ1n) is 9.63. The molecule has 0 aromatic heterocycles. The maximum Gasteiger partial charge on any atom is 0.177 e. The van der Waals surface area contributed by atoms with Gasteiger partial charge in [0.05, 0.1) is 12.2 Å². The van der Waals surface area contributed by atoms with Crippen LogP contribution in [-0.4, -0.2) is 52.1 Å². The van der Waals surface area contributed by atoms with Crippen LogP contribution in [0.4, 0.5) is 0 Å². The second-order valence-electron chi connectivity index (χ2n) is 7.16. The van der Waals surface area contributed by atoms with Crippen LogP contribution in [0, 0.1) is 0 Å². The standard InChI is InChI=1S/C19H36O5/c1-3-4-5-6-7-8-9-10-11-12-13-16(20)19(23)17(21)14-15(24-2)18(19)22/h15-16,18,20,22-23H,3-14H2,1-2H3/t15-,16-,18-,19-/m1/s1. The molecule has 1 saturated carbocycles. The molecule has 4 atom stereocenters. The highest BCUT2D eigenvalue weighted by molar-refractivity contribution is 5.91. The Labute approximate surface area is 146 Å². The van der Waals surface area contributed by atoms with Crippen molar-refractivity contribution in [1.82, 2.24) is 0 Å². The van der Waals surface area contributed by atoms with E-state index in [1.54, 1.807) is 0 Å². The van der Waals surface area contributed by atoms with E-state index < -0.39 is 29.7 Å². The van der Waals surface area contributed by atoms with Gasteiger partial charge >= 0.3 is 0 Å². The van der Waals surface area contributed by atoms with Gasteiger partial charge in [0.25, 0.3) is 0 Å². The zero-order valence-corrected chi connectivity index (χ0v) is 15.4. The lowest BCUT2D eigenvalue weighted by molar-refractivity contribution is -0.168. The normalized spacial score (nSPS) is 28.5. The summed E-state index contributed by atoms with van der Waals surface area (Å²) in [5.74, 6) is -0.526. The highest BCUT2D eigenvalue weighted by Gasteiger charge is 2.57. The summed E-state index contributed by atoms with van der Waals surface area (Å²) in [7, 11) is 1.39. The first-order chi connectivity index (χ1) is 11.5. The van der Waals surface area contributed by atoms with Gasteiger partial charge in [-0.2, -0.15) is 0 Å². The summed E-state index contributed by atoms with van der Waals surface area (Å²) in [5, 5.41) is 30.7. The molecule has 0 unspecified atom stereocenters. The summed E-state index contributed by atoms with van der Waals surface area (Å²) in [6, 6.07) is 0. The molecule has 0 aromatic carbocycles. The Balaban J connectivity index is 2.15. The van der Waals surface area contributed by atoms with Crippen molar-refractivity contribution in [2.24, 2.45) is 0 Å². The quantitative estimate of drug-likeness (QED) is 0.447. The van der Waals surface area contributed by atoms with Crippen LogP contribution in [0.15, 0.2) is 0 Å². The van der Waals surface area contributed by atoms with Gasteiger partial charge in [0.15, 0.2) is 11.4 Å². The first kappa shape index (κ1) is 21.6. The highest BCUT2D eigenvalue weighted by Crippen LogP contribution is 2.33. The molecule has 1 fully saturated rings. The fraction of sp³-hybridized carbons (Fsp3) is 0.947. The summed E-state index contributed by atoms with van der Waals surface area (Å²) in [6.45, 7) is 2.22. The summed E-state index contributed by atoms with van der Waals surface area (Å²) in [4.78, 5) is 11.9. The minimum Gasteiger partial charge on any atom is -0.390 e. The lowest BCUT2D eigenvalue weighted by atomic mass is 9.88. The van der Waals surface area contributed by atoms with E-state index in [1.807, 2.05) is 0 Å². The minimum absolute atomic E-state index is 0.0523. The van der Waals surface area contributed by atoms with Crippen LogP contribution < -0.4 is 0 Å². The van der Waals surface area contributed by atoms with E-state index in [-0.39, 0.29) is 6.42 Å². The molecule has 0 spiro atoms. The van der Waals surface area contributed by atoms with E-state index in [1.165, 1.54) is 52.1 Å². The Hall–Kier alpha value is -0.490. The number of carbonyl (C=O) groups is 1. The van der Waals surface area contributed by atoms with Crippen molar-refractivity contribution >= 4 is 5.78 Å². The van der Waals surface area contributed by atoms with E-state index in [0.717, 1.165) is 19.3 Å².